The molecule has 1 saturated heterocycles. The molecular weight excluding hydrogens is 244 g/mol. The smallest absolute Gasteiger partial charge is 0.247 e. The topological polar surface area (TPSA) is 62.6 Å². The third-order valence-corrected chi connectivity index (χ3v) is 3.53. The van der Waals surface area contributed by atoms with E-state index in [0.717, 1.165) is 17.9 Å². The van der Waals surface area contributed by atoms with Crippen LogP contribution < -0.4 is 5.32 Å². The van der Waals surface area contributed by atoms with Gasteiger partial charge < -0.3 is 4.42 Å². The van der Waals surface area contributed by atoms with Crippen LogP contribution in [0.15, 0.2) is 16.5 Å². The van der Waals surface area contributed by atoms with E-state index in [1.807, 2.05) is 32.9 Å². The minimum atomic E-state index is -0.424. The van der Waals surface area contributed by atoms with Crippen molar-refractivity contribution in [3.63, 3.8) is 0 Å². The van der Waals surface area contributed by atoms with Crippen molar-refractivity contribution < 1.29 is 14.0 Å². The number of carbonyl (C=O) groups is 2. The summed E-state index contributed by atoms with van der Waals surface area (Å²) >= 11 is 0. The number of imide groups is 1. The Hall–Kier alpha value is -1.62. The standard InChI is InChI=1S/C14H20N2O3/c1-4-9(2)16-13(17)7-12(14(16)18)15-8-11-6-5-10(3)19-11/h5-6,9,12,15H,4,7-8H2,1-3H3. The third kappa shape index (κ3) is 2.87. The second kappa shape index (κ2) is 5.57. The molecule has 2 unspecified atom stereocenters. The molecule has 2 amide bonds. The first-order valence-corrected chi connectivity index (χ1v) is 6.67. The molecule has 0 saturated carbocycles. The number of carbonyl (C=O) groups excluding carboxylic acids is 2. The zero-order valence-electron chi connectivity index (χ0n) is 11.6. The molecule has 1 N–H and O–H groups in total. The SMILES string of the molecule is CCC(C)N1C(=O)CC(NCc2ccc(C)o2)C1=O. The molecule has 19 heavy (non-hydrogen) atoms. The molecular formula is C14H20N2O3. The first-order valence-electron chi connectivity index (χ1n) is 6.67. The molecule has 0 bridgehead atoms. The van der Waals surface area contributed by atoms with Gasteiger partial charge in [-0.2, -0.15) is 0 Å². The fraction of sp³-hybridized carbons (Fsp3) is 0.571. The van der Waals surface area contributed by atoms with E-state index in [2.05, 4.69) is 5.32 Å². The third-order valence-electron chi connectivity index (χ3n) is 3.53. The molecule has 1 aromatic rings. The number of hydrogen-bond donors (Lipinski definition) is 1. The van der Waals surface area contributed by atoms with Gasteiger partial charge in [-0.1, -0.05) is 6.92 Å². The Balaban J connectivity index is 1.95. The van der Waals surface area contributed by atoms with Crippen LogP contribution in [0.1, 0.15) is 38.2 Å². The molecule has 1 aliphatic rings. The maximum atomic E-state index is 12.2. The lowest BCUT2D eigenvalue weighted by molar-refractivity contribution is -0.141. The van der Waals surface area contributed by atoms with Crippen molar-refractivity contribution in [2.45, 2.75) is 52.2 Å². The van der Waals surface area contributed by atoms with E-state index in [1.165, 1.54) is 4.90 Å². The molecule has 0 spiro atoms. The largest absolute Gasteiger partial charge is 0.465 e. The molecule has 5 nitrogen and oxygen atoms in total. The van der Waals surface area contributed by atoms with Crippen molar-refractivity contribution in [1.29, 1.82) is 0 Å². The predicted octanol–water partition coefficient (Wildman–Crippen LogP) is 1.60. The summed E-state index contributed by atoms with van der Waals surface area (Å²) in [6.45, 7) is 6.20. The normalized spacial score (nSPS) is 21.2. The monoisotopic (exact) mass is 264 g/mol. The van der Waals surface area contributed by atoms with Gasteiger partial charge in [0.05, 0.1) is 19.0 Å². The molecule has 2 heterocycles. The fourth-order valence-electron chi connectivity index (χ4n) is 2.26. The van der Waals surface area contributed by atoms with E-state index in [1.54, 1.807) is 0 Å². The van der Waals surface area contributed by atoms with Crippen molar-refractivity contribution >= 4 is 11.8 Å². The van der Waals surface area contributed by atoms with Gasteiger partial charge in [0, 0.05) is 6.04 Å². The van der Waals surface area contributed by atoms with Gasteiger partial charge in [0.2, 0.25) is 11.8 Å². The highest BCUT2D eigenvalue weighted by Gasteiger charge is 2.40. The molecule has 0 radical (unpaired) electrons. The number of nitrogens with one attached hydrogen (secondary N) is 1. The predicted molar refractivity (Wildman–Crippen MR) is 70.3 cm³/mol. The molecule has 1 fully saturated rings. The minimum Gasteiger partial charge on any atom is -0.465 e. The Kier molecular flexibility index (Phi) is 4.04. The number of amides is 2. The van der Waals surface area contributed by atoms with Crippen molar-refractivity contribution in [2.24, 2.45) is 0 Å². The zero-order chi connectivity index (χ0) is 14.0. The summed E-state index contributed by atoms with van der Waals surface area (Å²) in [4.78, 5) is 25.4. The maximum Gasteiger partial charge on any atom is 0.247 e. The van der Waals surface area contributed by atoms with Crippen LogP contribution in [0.2, 0.25) is 0 Å². The summed E-state index contributed by atoms with van der Waals surface area (Å²) < 4.78 is 5.43. The molecule has 104 valence electrons. The van der Waals surface area contributed by atoms with Crippen molar-refractivity contribution in [3.8, 4) is 0 Å². The van der Waals surface area contributed by atoms with Gasteiger partial charge >= 0.3 is 0 Å². The second-order valence-electron chi connectivity index (χ2n) is 5.01. The molecule has 1 aliphatic heterocycles. The first kappa shape index (κ1) is 13.8. The van der Waals surface area contributed by atoms with Crippen LogP contribution in [0.5, 0.6) is 0 Å². The van der Waals surface area contributed by atoms with Crippen molar-refractivity contribution in [1.82, 2.24) is 10.2 Å². The summed E-state index contributed by atoms with van der Waals surface area (Å²) in [5, 5.41) is 3.09. The summed E-state index contributed by atoms with van der Waals surface area (Å²) in [6, 6.07) is 3.30. The maximum absolute atomic E-state index is 12.2. The van der Waals surface area contributed by atoms with Crippen LogP contribution >= 0.6 is 0 Å². The van der Waals surface area contributed by atoms with E-state index >= 15 is 0 Å². The molecule has 0 aromatic carbocycles. The number of furan rings is 1. The Bertz CT molecular complexity index is 481. The number of aryl methyl sites for hydroxylation is 1. The van der Waals surface area contributed by atoms with Gasteiger partial charge in [-0.25, -0.2) is 0 Å². The second-order valence-corrected chi connectivity index (χ2v) is 5.01. The average Bonchev–Trinajstić information content (AvgIpc) is 2.90. The Morgan fingerprint density at radius 1 is 1.47 bits per heavy atom. The van der Waals surface area contributed by atoms with E-state index in [9.17, 15) is 9.59 Å². The first-order chi connectivity index (χ1) is 9.02. The molecule has 0 aliphatic carbocycles. The lowest BCUT2D eigenvalue weighted by atomic mass is 10.2. The van der Waals surface area contributed by atoms with Crippen LogP contribution in [-0.4, -0.2) is 28.8 Å². The Morgan fingerprint density at radius 2 is 2.21 bits per heavy atom. The highest BCUT2D eigenvalue weighted by atomic mass is 16.3. The van der Waals surface area contributed by atoms with Gasteiger partial charge in [0.25, 0.3) is 0 Å². The fourth-order valence-corrected chi connectivity index (χ4v) is 2.26. The number of hydrogen-bond acceptors (Lipinski definition) is 4. The van der Waals surface area contributed by atoms with Gasteiger partial charge in [-0.05, 0) is 32.4 Å². The number of rotatable bonds is 5. The number of nitrogens with zero attached hydrogens (tertiary/aromatic N) is 1. The van der Waals surface area contributed by atoms with Crippen LogP contribution in [0.3, 0.4) is 0 Å². The highest BCUT2D eigenvalue weighted by Crippen LogP contribution is 2.18. The van der Waals surface area contributed by atoms with E-state index in [0.29, 0.717) is 6.54 Å². The minimum absolute atomic E-state index is 0.0299. The molecule has 2 rings (SSSR count). The molecule has 1 aromatic heterocycles. The van der Waals surface area contributed by atoms with Gasteiger partial charge in [-0.3, -0.25) is 19.8 Å². The van der Waals surface area contributed by atoms with E-state index in [4.69, 9.17) is 4.42 Å². The van der Waals surface area contributed by atoms with Crippen LogP contribution in [-0.2, 0) is 16.1 Å². The summed E-state index contributed by atoms with van der Waals surface area (Å²) in [5.41, 5.74) is 0. The molecule has 2 atom stereocenters. The van der Waals surface area contributed by atoms with Gasteiger partial charge in [0.15, 0.2) is 0 Å². The van der Waals surface area contributed by atoms with Crippen molar-refractivity contribution in [3.05, 3.63) is 23.7 Å². The lowest BCUT2D eigenvalue weighted by Gasteiger charge is -2.21. The molecule has 5 heteroatoms. The summed E-state index contributed by atoms with van der Waals surface area (Å²) in [6.07, 6.45) is 1.02. The van der Waals surface area contributed by atoms with E-state index in [-0.39, 0.29) is 24.3 Å². The lowest BCUT2D eigenvalue weighted by Crippen LogP contribution is -2.42. The Labute approximate surface area is 113 Å². The van der Waals surface area contributed by atoms with Gasteiger partial charge in [0.1, 0.15) is 11.5 Å². The summed E-state index contributed by atoms with van der Waals surface area (Å²) in [5.74, 6) is 1.40. The van der Waals surface area contributed by atoms with Gasteiger partial charge in [-0.15, -0.1) is 0 Å². The highest BCUT2D eigenvalue weighted by molar-refractivity contribution is 6.05. The van der Waals surface area contributed by atoms with Crippen LogP contribution in [0, 0.1) is 6.92 Å². The van der Waals surface area contributed by atoms with Crippen LogP contribution in [0.4, 0.5) is 0 Å². The average molecular weight is 264 g/mol. The number of likely N-dealkylation sites (tertiary alicyclic amines) is 1. The van der Waals surface area contributed by atoms with Crippen LogP contribution in [0.25, 0.3) is 0 Å². The van der Waals surface area contributed by atoms with E-state index < -0.39 is 6.04 Å². The zero-order valence-corrected chi connectivity index (χ0v) is 11.6. The van der Waals surface area contributed by atoms with Crippen molar-refractivity contribution in [2.75, 3.05) is 0 Å². The quantitative estimate of drug-likeness (QED) is 0.821. The Morgan fingerprint density at radius 3 is 2.79 bits per heavy atom. The summed E-state index contributed by atoms with van der Waals surface area (Å²) in [7, 11) is 0.